The molecule has 0 spiro atoms. The summed E-state index contributed by atoms with van der Waals surface area (Å²) in [5, 5.41) is 3.70. The van der Waals surface area contributed by atoms with E-state index in [2.05, 4.69) is 98.7 Å². The third kappa shape index (κ3) is 3.83. The van der Waals surface area contributed by atoms with Gasteiger partial charge in [0.2, 0.25) is 0 Å². The van der Waals surface area contributed by atoms with E-state index < -0.39 is 0 Å². The molecule has 0 bridgehead atoms. The van der Waals surface area contributed by atoms with E-state index in [0.29, 0.717) is 5.92 Å². The van der Waals surface area contributed by atoms with Gasteiger partial charge in [0.25, 0.3) is 0 Å². The van der Waals surface area contributed by atoms with Crippen molar-refractivity contribution in [3.05, 3.63) is 82.9 Å². The van der Waals surface area contributed by atoms with Crippen molar-refractivity contribution in [1.29, 1.82) is 0 Å². The van der Waals surface area contributed by atoms with Crippen LogP contribution in [0.5, 0.6) is 0 Å². The summed E-state index contributed by atoms with van der Waals surface area (Å²) in [5.74, 6) is 0.562. The van der Waals surface area contributed by atoms with Crippen LogP contribution < -0.4 is 5.32 Å². The molecule has 1 aliphatic heterocycles. The zero-order chi connectivity index (χ0) is 19.7. The predicted octanol–water partition coefficient (Wildman–Crippen LogP) is 6.52. The van der Waals surface area contributed by atoms with Crippen molar-refractivity contribution in [3.63, 3.8) is 0 Å². The maximum Gasteiger partial charge on any atom is 0.0420 e. The topological polar surface area (TPSA) is 15.3 Å². The summed E-state index contributed by atoms with van der Waals surface area (Å²) in [6.07, 6.45) is 1.10. The van der Waals surface area contributed by atoms with Crippen LogP contribution >= 0.6 is 0 Å². The molecule has 0 saturated heterocycles. The molecule has 0 unspecified atom stereocenters. The van der Waals surface area contributed by atoms with Crippen LogP contribution in [0.1, 0.15) is 42.0 Å². The summed E-state index contributed by atoms with van der Waals surface area (Å²) >= 11 is 0. The van der Waals surface area contributed by atoms with Crippen LogP contribution in [0.3, 0.4) is 0 Å². The van der Waals surface area contributed by atoms with E-state index in [-0.39, 0.29) is 0 Å². The zero-order valence-electron chi connectivity index (χ0n) is 17.4. The molecule has 4 rings (SSSR count). The van der Waals surface area contributed by atoms with Crippen molar-refractivity contribution >= 4 is 11.4 Å². The fourth-order valence-electron chi connectivity index (χ4n) is 4.08. The van der Waals surface area contributed by atoms with E-state index in [1.54, 1.807) is 0 Å². The summed E-state index contributed by atoms with van der Waals surface area (Å²) in [6.45, 7) is 8.82. The lowest BCUT2D eigenvalue weighted by Gasteiger charge is -2.27. The molecule has 0 fully saturated rings. The van der Waals surface area contributed by atoms with Crippen LogP contribution in [0.25, 0.3) is 11.1 Å². The third-order valence-electron chi connectivity index (χ3n) is 5.86. The monoisotopic (exact) mass is 370 g/mol. The van der Waals surface area contributed by atoms with Gasteiger partial charge in [0.05, 0.1) is 0 Å². The van der Waals surface area contributed by atoms with Crippen LogP contribution in [0.2, 0.25) is 0 Å². The largest absolute Gasteiger partial charge is 0.355 e. The molecular formula is C26H30N2. The first-order valence-electron chi connectivity index (χ1n) is 10.3. The number of hydrogen-bond donors (Lipinski definition) is 1. The van der Waals surface area contributed by atoms with Gasteiger partial charge in [-0.15, -0.1) is 0 Å². The molecular weight excluding hydrogens is 340 g/mol. The summed E-state index contributed by atoms with van der Waals surface area (Å²) in [7, 11) is 2.19. The lowest BCUT2D eigenvalue weighted by Crippen LogP contribution is -2.26. The number of aryl methyl sites for hydroxylation is 1. The first kappa shape index (κ1) is 18.8. The first-order valence-corrected chi connectivity index (χ1v) is 10.3. The second-order valence-electron chi connectivity index (χ2n) is 8.36. The third-order valence-corrected chi connectivity index (χ3v) is 5.86. The van der Waals surface area contributed by atoms with Crippen LogP contribution in [0.15, 0.2) is 60.7 Å². The number of hydrogen-bond acceptors (Lipinski definition) is 2. The number of benzene rings is 3. The van der Waals surface area contributed by atoms with Crippen molar-refractivity contribution in [2.45, 2.75) is 39.7 Å². The Morgan fingerprint density at radius 3 is 2.50 bits per heavy atom. The number of likely N-dealkylation sites (N-methyl/N-ethyl adjacent to an activating group) is 1. The molecule has 0 aromatic heterocycles. The molecule has 144 valence electrons. The summed E-state index contributed by atoms with van der Waals surface area (Å²) in [4.78, 5) is 2.39. The molecule has 0 amide bonds. The molecule has 3 aromatic carbocycles. The molecule has 0 saturated carbocycles. The smallest absolute Gasteiger partial charge is 0.0420 e. The molecule has 3 aromatic rings. The Balaban J connectivity index is 1.64. The van der Waals surface area contributed by atoms with Gasteiger partial charge in [-0.05, 0) is 77.9 Å². The fourth-order valence-corrected chi connectivity index (χ4v) is 4.08. The Kier molecular flexibility index (Phi) is 5.23. The minimum absolute atomic E-state index is 0.562. The SMILES string of the molecule is Cc1ccc(Nc2cccc3c2CCN(C)C3)cc1-c1ccc(C(C)C)cc1. The highest BCUT2D eigenvalue weighted by atomic mass is 15.1. The average Bonchev–Trinajstić information content (AvgIpc) is 2.69. The number of nitrogens with one attached hydrogen (secondary N) is 1. The van der Waals surface area contributed by atoms with Crippen molar-refractivity contribution in [1.82, 2.24) is 4.90 Å². The summed E-state index contributed by atoms with van der Waals surface area (Å²) in [5.41, 5.74) is 10.6. The minimum atomic E-state index is 0.562. The molecule has 0 atom stereocenters. The van der Waals surface area contributed by atoms with E-state index in [9.17, 15) is 0 Å². The van der Waals surface area contributed by atoms with E-state index in [1.807, 2.05) is 0 Å². The quantitative estimate of drug-likeness (QED) is 0.562. The lowest BCUT2D eigenvalue weighted by molar-refractivity contribution is 0.313. The molecule has 1 heterocycles. The molecule has 28 heavy (non-hydrogen) atoms. The highest BCUT2D eigenvalue weighted by Gasteiger charge is 2.16. The fraction of sp³-hybridized carbons (Fsp3) is 0.308. The second kappa shape index (κ2) is 7.81. The van der Waals surface area contributed by atoms with Gasteiger partial charge in [-0.25, -0.2) is 0 Å². The van der Waals surface area contributed by atoms with Gasteiger partial charge < -0.3 is 10.2 Å². The maximum absolute atomic E-state index is 3.70. The molecule has 0 radical (unpaired) electrons. The van der Waals surface area contributed by atoms with Gasteiger partial charge in [0.1, 0.15) is 0 Å². The highest BCUT2D eigenvalue weighted by Crippen LogP contribution is 2.32. The Labute approximate surface area is 169 Å². The normalized spacial score (nSPS) is 14.2. The van der Waals surface area contributed by atoms with Crippen molar-refractivity contribution in [2.24, 2.45) is 0 Å². The molecule has 2 heteroatoms. The molecule has 1 aliphatic rings. The average molecular weight is 371 g/mol. The van der Waals surface area contributed by atoms with E-state index in [1.165, 1.54) is 39.1 Å². The van der Waals surface area contributed by atoms with Crippen LogP contribution in [0.4, 0.5) is 11.4 Å². The van der Waals surface area contributed by atoms with Crippen molar-refractivity contribution < 1.29 is 0 Å². The standard InChI is InChI=1S/C26H30N2/c1-18(2)20-9-11-21(12-10-20)25-16-23(13-8-19(25)3)27-26-7-5-6-22-17-28(4)15-14-24(22)26/h5-13,16,18,27H,14-15,17H2,1-4H3. The number of nitrogens with zero attached hydrogens (tertiary/aromatic N) is 1. The first-order chi connectivity index (χ1) is 13.5. The summed E-state index contributed by atoms with van der Waals surface area (Å²) < 4.78 is 0. The van der Waals surface area contributed by atoms with Gasteiger partial charge in [0, 0.05) is 24.5 Å². The van der Waals surface area contributed by atoms with Gasteiger partial charge in [-0.1, -0.05) is 56.3 Å². The van der Waals surface area contributed by atoms with Gasteiger partial charge >= 0.3 is 0 Å². The Morgan fingerprint density at radius 1 is 0.964 bits per heavy atom. The van der Waals surface area contributed by atoms with E-state index in [4.69, 9.17) is 0 Å². The van der Waals surface area contributed by atoms with E-state index in [0.717, 1.165) is 25.2 Å². The molecule has 2 nitrogen and oxygen atoms in total. The van der Waals surface area contributed by atoms with Gasteiger partial charge in [-0.2, -0.15) is 0 Å². The Hall–Kier alpha value is -2.58. The molecule has 1 N–H and O–H groups in total. The number of rotatable bonds is 4. The Morgan fingerprint density at radius 2 is 1.75 bits per heavy atom. The Bertz CT molecular complexity index is 970. The van der Waals surface area contributed by atoms with Crippen LogP contribution in [-0.2, 0) is 13.0 Å². The second-order valence-corrected chi connectivity index (χ2v) is 8.36. The molecule has 0 aliphatic carbocycles. The zero-order valence-corrected chi connectivity index (χ0v) is 17.4. The predicted molar refractivity (Wildman–Crippen MR) is 120 cm³/mol. The summed E-state index contributed by atoms with van der Waals surface area (Å²) in [6, 6.07) is 22.3. The number of fused-ring (bicyclic) bond motifs is 1. The number of anilines is 2. The van der Waals surface area contributed by atoms with Gasteiger partial charge in [-0.3, -0.25) is 0 Å². The van der Waals surface area contributed by atoms with Crippen LogP contribution in [0, 0.1) is 6.92 Å². The maximum atomic E-state index is 3.70. The highest BCUT2D eigenvalue weighted by molar-refractivity contribution is 5.75. The lowest BCUT2D eigenvalue weighted by atomic mass is 9.95. The van der Waals surface area contributed by atoms with Crippen molar-refractivity contribution in [2.75, 3.05) is 18.9 Å². The van der Waals surface area contributed by atoms with Gasteiger partial charge in [0.15, 0.2) is 0 Å². The minimum Gasteiger partial charge on any atom is -0.355 e. The van der Waals surface area contributed by atoms with Crippen LogP contribution in [-0.4, -0.2) is 18.5 Å². The van der Waals surface area contributed by atoms with E-state index >= 15 is 0 Å². The van der Waals surface area contributed by atoms with Crippen molar-refractivity contribution in [3.8, 4) is 11.1 Å².